The Kier molecular flexibility index (Phi) is 3.28. The fraction of sp³-hybridized carbons (Fsp3) is 0.100. The van der Waals surface area contributed by atoms with E-state index in [2.05, 4.69) is 94.2 Å². The van der Waals surface area contributed by atoms with Crippen LogP contribution in [0.4, 0.5) is 0 Å². The fourth-order valence-electron chi connectivity index (χ4n) is 3.31. The Hall–Kier alpha value is -1.38. The van der Waals surface area contributed by atoms with E-state index < -0.39 is 0 Å². The standard InChI is InChI=1S/C20H14Br2/c1-11-6-7-13-15-9-18(21)14-5-3-4-12(2)20(14)17(15)10-19(22)16(13)8-11/h3-10H,1-2H3. The topological polar surface area (TPSA) is 0 Å². The highest BCUT2D eigenvalue weighted by molar-refractivity contribution is 9.11. The minimum absolute atomic E-state index is 1.16. The van der Waals surface area contributed by atoms with Crippen LogP contribution < -0.4 is 0 Å². The molecule has 0 radical (unpaired) electrons. The van der Waals surface area contributed by atoms with Gasteiger partial charge in [-0.2, -0.15) is 0 Å². The van der Waals surface area contributed by atoms with Gasteiger partial charge in [-0.15, -0.1) is 0 Å². The second-order valence-corrected chi connectivity index (χ2v) is 7.57. The normalized spacial score (nSPS) is 11.6. The van der Waals surface area contributed by atoms with E-state index >= 15 is 0 Å². The van der Waals surface area contributed by atoms with Crippen molar-refractivity contribution in [2.24, 2.45) is 0 Å². The smallest absolute Gasteiger partial charge is 0.0260 e. The maximum Gasteiger partial charge on any atom is 0.0260 e. The first kappa shape index (κ1) is 14.2. The van der Waals surface area contributed by atoms with E-state index in [-0.39, 0.29) is 0 Å². The van der Waals surface area contributed by atoms with E-state index in [1.165, 1.54) is 43.4 Å². The number of fused-ring (bicyclic) bond motifs is 5. The van der Waals surface area contributed by atoms with Gasteiger partial charge in [-0.3, -0.25) is 0 Å². The van der Waals surface area contributed by atoms with Gasteiger partial charge in [0.15, 0.2) is 0 Å². The summed E-state index contributed by atoms with van der Waals surface area (Å²) in [6, 6.07) is 17.7. The summed E-state index contributed by atoms with van der Waals surface area (Å²) in [7, 11) is 0. The molecule has 4 aromatic rings. The highest BCUT2D eigenvalue weighted by Gasteiger charge is 2.12. The molecule has 0 N–H and O–H groups in total. The lowest BCUT2D eigenvalue weighted by Gasteiger charge is -2.13. The third-order valence-electron chi connectivity index (χ3n) is 4.35. The summed E-state index contributed by atoms with van der Waals surface area (Å²) in [5.41, 5.74) is 2.59. The molecule has 0 heterocycles. The van der Waals surface area contributed by atoms with Gasteiger partial charge in [-0.05, 0) is 63.9 Å². The molecule has 0 aliphatic carbocycles. The van der Waals surface area contributed by atoms with Crippen LogP contribution in [0.5, 0.6) is 0 Å². The Morgan fingerprint density at radius 3 is 2.18 bits per heavy atom. The fourth-order valence-corrected chi connectivity index (χ4v) is 4.43. The van der Waals surface area contributed by atoms with Crippen LogP contribution >= 0.6 is 31.9 Å². The Labute approximate surface area is 146 Å². The molecule has 4 aromatic carbocycles. The van der Waals surface area contributed by atoms with Crippen molar-refractivity contribution in [3.8, 4) is 0 Å². The summed E-state index contributed by atoms with van der Waals surface area (Å²) < 4.78 is 2.31. The molecule has 0 nitrogen and oxygen atoms in total. The lowest BCUT2D eigenvalue weighted by Crippen LogP contribution is -1.87. The first-order valence-electron chi connectivity index (χ1n) is 7.26. The van der Waals surface area contributed by atoms with Gasteiger partial charge in [-0.1, -0.05) is 73.8 Å². The van der Waals surface area contributed by atoms with Crippen LogP contribution in [-0.2, 0) is 0 Å². The van der Waals surface area contributed by atoms with E-state index in [4.69, 9.17) is 0 Å². The van der Waals surface area contributed by atoms with Crippen LogP contribution in [0.1, 0.15) is 11.1 Å². The summed E-state index contributed by atoms with van der Waals surface area (Å²) >= 11 is 7.53. The summed E-state index contributed by atoms with van der Waals surface area (Å²) in [5.74, 6) is 0. The van der Waals surface area contributed by atoms with Crippen LogP contribution in [0.3, 0.4) is 0 Å². The van der Waals surface area contributed by atoms with Gasteiger partial charge in [0, 0.05) is 8.95 Å². The molecule has 0 unspecified atom stereocenters. The zero-order valence-corrected chi connectivity index (χ0v) is 15.5. The van der Waals surface area contributed by atoms with Crippen LogP contribution in [0.25, 0.3) is 32.3 Å². The Morgan fingerprint density at radius 1 is 0.636 bits per heavy atom. The van der Waals surface area contributed by atoms with Crippen LogP contribution in [0.2, 0.25) is 0 Å². The summed E-state index contributed by atoms with van der Waals surface area (Å²) in [5, 5.41) is 7.76. The lowest BCUT2D eigenvalue weighted by molar-refractivity contribution is 1.50. The zero-order chi connectivity index (χ0) is 15.4. The molecule has 0 aliphatic rings. The average Bonchev–Trinajstić information content (AvgIpc) is 2.49. The monoisotopic (exact) mass is 412 g/mol. The van der Waals surface area contributed by atoms with E-state index in [0.717, 1.165) is 8.95 Å². The third-order valence-corrected chi connectivity index (χ3v) is 5.67. The predicted octanol–water partition coefficient (Wildman–Crippen LogP) is 7.29. The minimum Gasteiger partial charge on any atom is -0.0613 e. The molecule has 0 saturated heterocycles. The molecule has 0 aliphatic heterocycles. The maximum absolute atomic E-state index is 3.77. The summed E-state index contributed by atoms with van der Waals surface area (Å²) in [6.07, 6.45) is 0. The Morgan fingerprint density at radius 2 is 1.36 bits per heavy atom. The lowest BCUT2D eigenvalue weighted by atomic mass is 9.94. The highest BCUT2D eigenvalue weighted by atomic mass is 79.9. The van der Waals surface area contributed by atoms with Crippen LogP contribution in [-0.4, -0.2) is 0 Å². The summed E-state index contributed by atoms with van der Waals surface area (Å²) in [4.78, 5) is 0. The molecule has 2 heteroatoms. The molecular formula is C20H14Br2. The first-order valence-corrected chi connectivity index (χ1v) is 8.85. The highest BCUT2D eigenvalue weighted by Crippen LogP contribution is 2.40. The van der Waals surface area contributed by atoms with Crippen molar-refractivity contribution in [3.63, 3.8) is 0 Å². The average molecular weight is 414 g/mol. The first-order chi connectivity index (χ1) is 10.6. The molecule has 0 fully saturated rings. The van der Waals surface area contributed by atoms with Gasteiger partial charge in [0.2, 0.25) is 0 Å². The van der Waals surface area contributed by atoms with Crippen LogP contribution in [0, 0.1) is 13.8 Å². The second kappa shape index (κ2) is 5.07. The van der Waals surface area contributed by atoms with Crippen molar-refractivity contribution in [3.05, 3.63) is 68.6 Å². The maximum atomic E-state index is 3.77. The number of rotatable bonds is 0. The molecule has 108 valence electrons. The number of hydrogen-bond donors (Lipinski definition) is 0. The Bertz CT molecular complexity index is 1060. The van der Waals surface area contributed by atoms with E-state index in [9.17, 15) is 0 Å². The molecule has 0 atom stereocenters. The molecule has 0 bridgehead atoms. The van der Waals surface area contributed by atoms with Gasteiger partial charge in [0.25, 0.3) is 0 Å². The van der Waals surface area contributed by atoms with Crippen molar-refractivity contribution in [2.45, 2.75) is 13.8 Å². The predicted molar refractivity (Wildman–Crippen MR) is 104 cm³/mol. The molecular weight excluding hydrogens is 400 g/mol. The number of benzene rings is 4. The van der Waals surface area contributed by atoms with Crippen molar-refractivity contribution < 1.29 is 0 Å². The molecule has 0 amide bonds. The van der Waals surface area contributed by atoms with Crippen molar-refractivity contribution in [2.75, 3.05) is 0 Å². The number of aryl methyl sites for hydroxylation is 2. The Balaban J connectivity index is 2.35. The number of hydrogen-bond acceptors (Lipinski definition) is 0. The van der Waals surface area contributed by atoms with Crippen molar-refractivity contribution >= 4 is 64.2 Å². The van der Waals surface area contributed by atoms with E-state index in [1.54, 1.807) is 0 Å². The minimum atomic E-state index is 1.16. The largest absolute Gasteiger partial charge is 0.0613 e. The van der Waals surface area contributed by atoms with Crippen molar-refractivity contribution in [1.82, 2.24) is 0 Å². The van der Waals surface area contributed by atoms with Gasteiger partial charge >= 0.3 is 0 Å². The van der Waals surface area contributed by atoms with E-state index in [0.29, 0.717) is 0 Å². The van der Waals surface area contributed by atoms with Crippen molar-refractivity contribution in [1.29, 1.82) is 0 Å². The van der Waals surface area contributed by atoms with Gasteiger partial charge in [-0.25, -0.2) is 0 Å². The zero-order valence-electron chi connectivity index (χ0n) is 12.4. The van der Waals surface area contributed by atoms with Gasteiger partial charge in [0.1, 0.15) is 0 Å². The van der Waals surface area contributed by atoms with Crippen LogP contribution in [0.15, 0.2) is 57.5 Å². The molecule has 0 spiro atoms. The third kappa shape index (κ3) is 2.01. The molecule has 4 rings (SSSR count). The quantitative estimate of drug-likeness (QED) is 0.265. The van der Waals surface area contributed by atoms with Gasteiger partial charge in [0.05, 0.1) is 0 Å². The molecule has 0 saturated carbocycles. The van der Waals surface area contributed by atoms with E-state index in [1.807, 2.05) is 0 Å². The summed E-state index contributed by atoms with van der Waals surface area (Å²) in [6.45, 7) is 4.32. The molecule has 0 aromatic heterocycles. The second-order valence-electron chi connectivity index (χ2n) is 5.86. The van der Waals surface area contributed by atoms with Gasteiger partial charge < -0.3 is 0 Å². The SMILES string of the molecule is Cc1ccc2c(c1)c(Br)cc1c2cc(Br)c2cccc(C)c21. The number of halogens is 2. The molecule has 22 heavy (non-hydrogen) atoms.